The number of carbonyl (C=O) groups is 2. The molecule has 1 aromatic heterocycles. The molecule has 4 rings (SSSR count). The van der Waals surface area contributed by atoms with Gasteiger partial charge in [-0.15, -0.1) is 0 Å². The summed E-state index contributed by atoms with van der Waals surface area (Å²) >= 11 is 0. The largest absolute Gasteiger partial charge is 0.457 e. The van der Waals surface area contributed by atoms with Crippen LogP contribution in [0, 0.1) is 6.57 Å². The third kappa shape index (κ3) is 5.57. The number of likely N-dealkylation sites (tertiary alicyclic amines) is 1. The van der Waals surface area contributed by atoms with E-state index in [-0.39, 0.29) is 29.3 Å². The molecule has 1 aliphatic rings. The lowest BCUT2D eigenvalue weighted by Crippen LogP contribution is -2.43. The lowest BCUT2D eigenvalue weighted by molar-refractivity contribution is 0.0167. The molecule has 0 radical (unpaired) electrons. The Kier molecular flexibility index (Phi) is 7.11. The average Bonchev–Trinajstić information content (AvgIpc) is 3.24. The van der Waals surface area contributed by atoms with Crippen LogP contribution in [0.2, 0.25) is 0 Å². The van der Waals surface area contributed by atoms with Gasteiger partial charge >= 0.3 is 6.09 Å². The Hall–Kier alpha value is -4.12. The molecule has 0 bridgehead atoms. The zero-order valence-corrected chi connectivity index (χ0v) is 21.0. The fourth-order valence-corrected chi connectivity index (χ4v) is 4.27. The van der Waals surface area contributed by atoms with Gasteiger partial charge in [-0.3, -0.25) is 9.48 Å². The molecule has 8 nitrogen and oxygen atoms in total. The lowest BCUT2D eigenvalue weighted by atomic mass is 10.1. The number of carbonyl (C=O) groups excluding carboxylic acids is 2. The minimum absolute atomic E-state index is 0.216. The van der Waals surface area contributed by atoms with E-state index in [9.17, 15) is 9.59 Å². The van der Waals surface area contributed by atoms with Gasteiger partial charge < -0.3 is 14.4 Å². The molecule has 2 aromatic carbocycles. The highest BCUT2D eigenvalue weighted by Crippen LogP contribution is 2.37. The molecule has 2 heterocycles. The van der Waals surface area contributed by atoms with Gasteiger partial charge in [0.2, 0.25) is 5.69 Å². The van der Waals surface area contributed by atoms with Gasteiger partial charge in [-0.1, -0.05) is 30.3 Å². The number of amides is 1. The molecule has 1 aliphatic heterocycles. The van der Waals surface area contributed by atoms with Gasteiger partial charge in [0.25, 0.3) is 0 Å². The van der Waals surface area contributed by atoms with E-state index in [4.69, 9.17) is 21.1 Å². The number of benzene rings is 2. The molecule has 0 unspecified atom stereocenters. The highest BCUT2D eigenvalue weighted by Gasteiger charge is 2.32. The molecular formula is C28H30N4O4. The van der Waals surface area contributed by atoms with Crippen LogP contribution in [-0.4, -0.2) is 45.2 Å². The summed E-state index contributed by atoms with van der Waals surface area (Å²) in [4.78, 5) is 30.7. The molecule has 1 amide bonds. The highest BCUT2D eigenvalue weighted by molar-refractivity contribution is 6.01. The molecule has 1 fully saturated rings. The van der Waals surface area contributed by atoms with Gasteiger partial charge in [0.05, 0.1) is 18.3 Å². The summed E-state index contributed by atoms with van der Waals surface area (Å²) < 4.78 is 13.0. The number of aromatic nitrogens is 2. The average molecular weight is 487 g/mol. The summed E-state index contributed by atoms with van der Waals surface area (Å²) in [5.74, 6) is 1.14. The number of ether oxygens (including phenoxy) is 2. The zero-order valence-electron chi connectivity index (χ0n) is 21.0. The van der Waals surface area contributed by atoms with Crippen LogP contribution in [0.5, 0.6) is 11.5 Å². The molecule has 1 atom stereocenters. The number of hydrogen-bond donors (Lipinski definition) is 0. The minimum Gasteiger partial charge on any atom is -0.457 e. The smallest absolute Gasteiger partial charge is 0.410 e. The van der Waals surface area contributed by atoms with Crippen molar-refractivity contribution in [2.75, 3.05) is 13.1 Å². The SMILES string of the molecule is [C-]#[N+]c1c(-c2ccc(Oc3ccccc3)cc2)nn([C@@H]2CCCN(C(=O)OC(C)(C)C)C2)c1C(C)=O. The van der Waals surface area contributed by atoms with Crippen molar-refractivity contribution in [1.82, 2.24) is 14.7 Å². The van der Waals surface area contributed by atoms with Crippen LogP contribution in [0.3, 0.4) is 0 Å². The normalized spacial score (nSPS) is 15.8. The Morgan fingerprint density at radius 3 is 2.33 bits per heavy atom. The number of hydrogen-bond acceptors (Lipinski definition) is 5. The molecule has 8 heteroatoms. The Balaban J connectivity index is 1.63. The van der Waals surface area contributed by atoms with Gasteiger partial charge in [-0.2, -0.15) is 5.10 Å². The first-order valence-corrected chi connectivity index (χ1v) is 12.0. The summed E-state index contributed by atoms with van der Waals surface area (Å²) in [5.41, 5.74) is 1.04. The molecule has 3 aromatic rings. The summed E-state index contributed by atoms with van der Waals surface area (Å²) in [7, 11) is 0. The van der Waals surface area contributed by atoms with E-state index in [1.165, 1.54) is 6.92 Å². The summed E-state index contributed by atoms with van der Waals surface area (Å²) in [5, 5.41) is 4.74. The van der Waals surface area contributed by atoms with Gasteiger partial charge in [0.15, 0.2) is 5.78 Å². The second-order valence-electron chi connectivity index (χ2n) is 9.82. The quantitative estimate of drug-likeness (QED) is 0.297. The van der Waals surface area contributed by atoms with Crippen molar-refractivity contribution in [3.8, 4) is 22.8 Å². The van der Waals surface area contributed by atoms with E-state index in [0.29, 0.717) is 30.1 Å². The lowest BCUT2D eigenvalue weighted by Gasteiger charge is -2.34. The number of Topliss-reactive ketones (excluding diaryl/α,β-unsaturated/α-hetero) is 1. The number of rotatable bonds is 5. The predicted octanol–water partition coefficient (Wildman–Crippen LogP) is 6.67. The van der Waals surface area contributed by atoms with Crippen molar-refractivity contribution in [1.29, 1.82) is 0 Å². The van der Waals surface area contributed by atoms with Crippen LogP contribution < -0.4 is 4.74 Å². The van der Waals surface area contributed by atoms with E-state index in [1.807, 2.05) is 75.4 Å². The zero-order chi connectivity index (χ0) is 25.9. The molecule has 36 heavy (non-hydrogen) atoms. The van der Waals surface area contributed by atoms with Crippen molar-refractivity contribution >= 4 is 17.6 Å². The standard InChI is InChI=1S/C28H30N4O4/c1-19(33)26-25(29-5)24(20-13-15-23(16-14-20)35-22-11-7-6-8-12-22)30-32(26)21-10-9-17-31(18-21)27(34)36-28(2,3)4/h6-8,11-16,21H,9-10,17-18H2,1-4H3/t21-/m1/s1. The predicted molar refractivity (Wildman–Crippen MR) is 137 cm³/mol. The third-order valence-corrected chi connectivity index (χ3v) is 5.83. The maximum atomic E-state index is 12.7. The van der Waals surface area contributed by atoms with Crippen molar-refractivity contribution < 1.29 is 19.1 Å². The molecule has 186 valence electrons. The first-order chi connectivity index (χ1) is 17.2. The molecule has 0 saturated carbocycles. The van der Waals surface area contributed by atoms with Crippen molar-refractivity contribution in [3.63, 3.8) is 0 Å². The van der Waals surface area contributed by atoms with E-state index in [0.717, 1.165) is 18.6 Å². The Bertz CT molecular complexity index is 1280. The number of piperidine rings is 1. The number of para-hydroxylation sites is 1. The number of nitrogens with zero attached hydrogens (tertiary/aromatic N) is 4. The summed E-state index contributed by atoms with van der Waals surface area (Å²) in [6, 6.07) is 16.5. The fourth-order valence-electron chi connectivity index (χ4n) is 4.27. The minimum atomic E-state index is -0.596. The van der Waals surface area contributed by atoms with Gasteiger partial charge in [-0.05, 0) is 70.4 Å². The Labute approximate surface area is 211 Å². The van der Waals surface area contributed by atoms with Gasteiger partial charge in [0, 0.05) is 13.1 Å². The monoisotopic (exact) mass is 486 g/mol. The maximum absolute atomic E-state index is 12.7. The van der Waals surface area contributed by atoms with E-state index in [1.54, 1.807) is 9.58 Å². The van der Waals surface area contributed by atoms with Crippen LogP contribution in [0.4, 0.5) is 10.5 Å². The molecular weight excluding hydrogens is 456 g/mol. The molecule has 0 N–H and O–H groups in total. The van der Waals surface area contributed by atoms with Crippen molar-refractivity contribution in [2.45, 2.75) is 52.2 Å². The van der Waals surface area contributed by atoms with E-state index >= 15 is 0 Å². The first kappa shape index (κ1) is 25.0. The molecule has 0 spiro atoms. The topological polar surface area (TPSA) is 78.0 Å². The van der Waals surface area contributed by atoms with E-state index in [2.05, 4.69) is 4.85 Å². The Morgan fingerprint density at radius 1 is 1.06 bits per heavy atom. The van der Waals surface area contributed by atoms with Crippen LogP contribution in [-0.2, 0) is 4.74 Å². The van der Waals surface area contributed by atoms with Crippen molar-refractivity contribution in [2.24, 2.45) is 0 Å². The summed E-state index contributed by atoms with van der Waals surface area (Å²) in [6.45, 7) is 15.7. The molecule has 1 saturated heterocycles. The molecule has 0 aliphatic carbocycles. The van der Waals surface area contributed by atoms with Crippen molar-refractivity contribution in [3.05, 3.63) is 71.7 Å². The van der Waals surface area contributed by atoms with Crippen LogP contribution in [0.1, 0.15) is 57.1 Å². The van der Waals surface area contributed by atoms with Crippen LogP contribution in [0.15, 0.2) is 54.6 Å². The fraction of sp³-hybridized carbons (Fsp3) is 0.357. The Morgan fingerprint density at radius 2 is 1.72 bits per heavy atom. The first-order valence-electron chi connectivity index (χ1n) is 12.0. The maximum Gasteiger partial charge on any atom is 0.410 e. The van der Waals surface area contributed by atoms with Crippen LogP contribution in [0.25, 0.3) is 16.1 Å². The second-order valence-corrected chi connectivity index (χ2v) is 9.82. The summed E-state index contributed by atoms with van der Waals surface area (Å²) in [6.07, 6.45) is 1.10. The second kappa shape index (κ2) is 10.2. The number of ketones is 1. The third-order valence-electron chi connectivity index (χ3n) is 5.83. The van der Waals surface area contributed by atoms with Gasteiger partial charge in [-0.25, -0.2) is 9.64 Å². The van der Waals surface area contributed by atoms with Crippen LogP contribution >= 0.6 is 0 Å². The highest BCUT2D eigenvalue weighted by atomic mass is 16.6. The van der Waals surface area contributed by atoms with Gasteiger partial charge in [0.1, 0.15) is 22.8 Å². The van der Waals surface area contributed by atoms with E-state index < -0.39 is 5.60 Å².